The number of carbonyl (C=O) groups is 2. The third-order valence-corrected chi connectivity index (χ3v) is 3.85. The Morgan fingerprint density at radius 2 is 1.96 bits per heavy atom. The van der Waals surface area contributed by atoms with Gasteiger partial charge in [0.1, 0.15) is 18.4 Å². The summed E-state index contributed by atoms with van der Waals surface area (Å²) in [5.74, 6) is -1.09. The van der Waals surface area contributed by atoms with E-state index in [-0.39, 0.29) is 18.0 Å². The quantitative estimate of drug-likeness (QED) is 0.735. The zero-order valence-corrected chi connectivity index (χ0v) is 15.2. The number of rotatable bonds is 7. The molecule has 2 aromatic rings. The van der Waals surface area contributed by atoms with Crippen LogP contribution in [0.25, 0.3) is 11.3 Å². The molecule has 140 valence electrons. The number of benzene rings is 1. The fraction of sp³-hybridized carbons (Fsp3) is 0.300. The van der Waals surface area contributed by atoms with E-state index in [0.717, 1.165) is 0 Å². The molecule has 2 N–H and O–H groups in total. The van der Waals surface area contributed by atoms with Gasteiger partial charge < -0.3 is 10.6 Å². The van der Waals surface area contributed by atoms with Crippen LogP contribution < -0.4 is 10.6 Å². The number of hydrogen-bond acceptors (Lipinski definition) is 4. The fourth-order valence-corrected chi connectivity index (χ4v) is 2.55. The maximum atomic E-state index is 13.8. The second kappa shape index (κ2) is 9.43. The summed E-state index contributed by atoms with van der Waals surface area (Å²) < 4.78 is 13.8. The van der Waals surface area contributed by atoms with Crippen LogP contribution in [-0.2, 0) is 4.79 Å². The third kappa shape index (κ3) is 5.61. The predicted octanol–water partition coefficient (Wildman–Crippen LogP) is 2.67. The van der Waals surface area contributed by atoms with E-state index in [4.69, 9.17) is 5.26 Å². The molecule has 2 amide bonds. The molecule has 0 fully saturated rings. The van der Waals surface area contributed by atoms with Crippen molar-refractivity contribution in [2.24, 2.45) is 5.92 Å². The van der Waals surface area contributed by atoms with Gasteiger partial charge in [-0.05, 0) is 36.6 Å². The maximum absolute atomic E-state index is 13.8. The number of nitriles is 1. The first-order valence-corrected chi connectivity index (χ1v) is 8.59. The lowest BCUT2D eigenvalue weighted by Gasteiger charge is -2.19. The molecule has 2 rings (SSSR count). The summed E-state index contributed by atoms with van der Waals surface area (Å²) in [7, 11) is 0. The first-order chi connectivity index (χ1) is 12.9. The lowest BCUT2D eigenvalue weighted by molar-refractivity contribution is -0.123. The van der Waals surface area contributed by atoms with E-state index >= 15 is 0 Å². The summed E-state index contributed by atoms with van der Waals surface area (Å²) in [6, 6.07) is 10.4. The molecule has 0 saturated heterocycles. The van der Waals surface area contributed by atoms with Crippen molar-refractivity contribution in [2.45, 2.75) is 26.3 Å². The maximum Gasteiger partial charge on any atom is 0.253 e. The normalized spacial score (nSPS) is 11.5. The molecule has 7 heteroatoms. The van der Waals surface area contributed by atoms with Gasteiger partial charge in [0.15, 0.2) is 0 Å². The molecule has 0 spiro atoms. The average molecular weight is 368 g/mol. The minimum atomic E-state index is -0.753. The summed E-state index contributed by atoms with van der Waals surface area (Å²) in [5.41, 5.74) is 1.02. The number of amides is 2. The van der Waals surface area contributed by atoms with Gasteiger partial charge in [0.2, 0.25) is 5.91 Å². The van der Waals surface area contributed by atoms with E-state index in [1.807, 2.05) is 19.9 Å². The molecule has 0 aliphatic rings. The van der Waals surface area contributed by atoms with E-state index in [2.05, 4.69) is 15.6 Å². The Morgan fingerprint density at radius 3 is 2.56 bits per heavy atom. The highest BCUT2D eigenvalue weighted by Crippen LogP contribution is 2.20. The van der Waals surface area contributed by atoms with Crippen LogP contribution in [-0.4, -0.2) is 29.4 Å². The molecule has 1 atom stereocenters. The van der Waals surface area contributed by atoms with Crippen LogP contribution in [0.1, 0.15) is 30.6 Å². The number of nitrogens with one attached hydrogen (secondary N) is 2. The Balaban J connectivity index is 2.12. The fourth-order valence-electron chi connectivity index (χ4n) is 2.55. The molecule has 0 bridgehead atoms. The molecular weight excluding hydrogens is 347 g/mol. The molecule has 0 unspecified atom stereocenters. The van der Waals surface area contributed by atoms with Crippen LogP contribution in [0, 0.1) is 23.1 Å². The van der Waals surface area contributed by atoms with Gasteiger partial charge in [-0.3, -0.25) is 14.6 Å². The molecule has 6 nitrogen and oxygen atoms in total. The number of halogens is 1. The Morgan fingerprint density at radius 1 is 1.22 bits per heavy atom. The van der Waals surface area contributed by atoms with Gasteiger partial charge in [-0.2, -0.15) is 5.26 Å². The van der Waals surface area contributed by atoms with Gasteiger partial charge in [0, 0.05) is 11.8 Å². The zero-order chi connectivity index (χ0) is 19.8. The van der Waals surface area contributed by atoms with E-state index < -0.39 is 23.7 Å². The molecule has 27 heavy (non-hydrogen) atoms. The Labute approximate surface area is 157 Å². The van der Waals surface area contributed by atoms with Crippen molar-refractivity contribution < 1.29 is 14.0 Å². The predicted molar refractivity (Wildman–Crippen MR) is 99.0 cm³/mol. The minimum Gasteiger partial charge on any atom is -0.341 e. The highest BCUT2D eigenvalue weighted by atomic mass is 19.1. The van der Waals surface area contributed by atoms with Crippen LogP contribution >= 0.6 is 0 Å². The number of hydrogen-bond donors (Lipinski definition) is 2. The van der Waals surface area contributed by atoms with Crippen LogP contribution in [0.4, 0.5) is 4.39 Å². The second-order valence-corrected chi connectivity index (χ2v) is 6.44. The van der Waals surface area contributed by atoms with E-state index in [1.54, 1.807) is 24.3 Å². The van der Waals surface area contributed by atoms with E-state index in [9.17, 15) is 14.0 Å². The number of nitrogens with zero attached hydrogens (tertiary/aromatic N) is 2. The summed E-state index contributed by atoms with van der Waals surface area (Å²) in [6.45, 7) is 3.74. The van der Waals surface area contributed by atoms with Crippen LogP contribution in [0.2, 0.25) is 0 Å². The van der Waals surface area contributed by atoms with E-state index in [1.165, 1.54) is 18.3 Å². The average Bonchev–Trinajstić information content (AvgIpc) is 2.65. The Kier molecular flexibility index (Phi) is 7.00. The van der Waals surface area contributed by atoms with Crippen LogP contribution in [0.15, 0.2) is 42.6 Å². The minimum absolute atomic E-state index is 0.123. The molecule has 1 heterocycles. The molecular formula is C20H21FN4O2. The van der Waals surface area contributed by atoms with Crippen molar-refractivity contribution in [3.8, 4) is 17.3 Å². The first kappa shape index (κ1) is 20.0. The topological polar surface area (TPSA) is 94.9 Å². The first-order valence-electron chi connectivity index (χ1n) is 8.59. The van der Waals surface area contributed by atoms with Gasteiger partial charge in [-0.25, -0.2) is 4.39 Å². The van der Waals surface area contributed by atoms with Crippen molar-refractivity contribution in [1.82, 2.24) is 15.6 Å². The number of pyridine rings is 1. The van der Waals surface area contributed by atoms with Crippen molar-refractivity contribution in [1.29, 1.82) is 5.26 Å². The second-order valence-electron chi connectivity index (χ2n) is 6.44. The number of aromatic nitrogens is 1. The largest absolute Gasteiger partial charge is 0.341 e. The summed E-state index contributed by atoms with van der Waals surface area (Å²) in [4.78, 5) is 28.8. The van der Waals surface area contributed by atoms with Crippen molar-refractivity contribution in [3.63, 3.8) is 0 Å². The molecule has 1 aromatic heterocycles. The van der Waals surface area contributed by atoms with Gasteiger partial charge >= 0.3 is 0 Å². The Bertz CT molecular complexity index is 844. The van der Waals surface area contributed by atoms with Crippen molar-refractivity contribution in [2.75, 3.05) is 6.54 Å². The standard InChI is InChI=1S/C20H21FN4O2/c1-13(2)11-18(20(27)23-10-9-22)25-19(26)14-7-8-17(24-12-14)15-5-3-4-6-16(15)21/h3-8,12-13,18H,10-11H2,1-2H3,(H,23,27)(H,25,26)/t18-/m0/s1. The van der Waals surface area contributed by atoms with Crippen LogP contribution in [0.3, 0.4) is 0 Å². The highest BCUT2D eigenvalue weighted by Gasteiger charge is 2.22. The smallest absolute Gasteiger partial charge is 0.253 e. The zero-order valence-electron chi connectivity index (χ0n) is 15.2. The Hall–Kier alpha value is -3.27. The van der Waals surface area contributed by atoms with Crippen molar-refractivity contribution in [3.05, 3.63) is 54.0 Å². The summed E-state index contributed by atoms with van der Waals surface area (Å²) in [5, 5.41) is 13.7. The molecule has 0 saturated carbocycles. The highest BCUT2D eigenvalue weighted by molar-refractivity contribution is 5.97. The van der Waals surface area contributed by atoms with Gasteiger partial charge in [0.05, 0.1) is 17.3 Å². The van der Waals surface area contributed by atoms with Crippen molar-refractivity contribution >= 4 is 11.8 Å². The third-order valence-electron chi connectivity index (χ3n) is 3.85. The number of carbonyl (C=O) groups excluding carboxylic acids is 2. The lowest BCUT2D eigenvalue weighted by Crippen LogP contribution is -2.47. The molecule has 1 aromatic carbocycles. The van der Waals surface area contributed by atoms with Crippen LogP contribution in [0.5, 0.6) is 0 Å². The van der Waals surface area contributed by atoms with E-state index in [0.29, 0.717) is 17.7 Å². The van der Waals surface area contributed by atoms with Gasteiger partial charge in [-0.1, -0.05) is 26.0 Å². The summed E-state index contributed by atoms with van der Waals surface area (Å²) in [6.07, 6.45) is 1.78. The monoisotopic (exact) mass is 368 g/mol. The summed E-state index contributed by atoms with van der Waals surface area (Å²) >= 11 is 0. The van der Waals surface area contributed by atoms with Gasteiger partial charge in [-0.15, -0.1) is 0 Å². The molecule has 0 aliphatic heterocycles. The SMILES string of the molecule is CC(C)C[C@H](NC(=O)c1ccc(-c2ccccc2F)nc1)C(=O)NCC#N. The molecule has 0 radical (unpaired) electrons. The molecule has 0 aliphatic carbocycles. The van der Waals surface area contributed by atoms with Gasteiger partial charge in [0.25, 0.3) is 5.91 Å². The lowest BCUT2D eigenvalue weighted by atomic mass is 10.0.